The third-order valence-electron chi connectivity index (χ3n) is 5.96. The summed E-state index contributed by atoms with van der Waals surface area (Å²) in [6.07, 6.45) is 0.877. The van der Waals surface area contributed by atoms with Gasteiger partial charge in [-0.2, -0.15) is 0 Å². The van der Waals surface area contributed by atoms with Gasteiger partial charge in [-0.15, -0.1) is 11.3 Å². The van der Waals surface area contributed by atoms with Crippen LogP contribution in [0.2, 0.25) is 0 Å². The number of rotatable bonds is 12. The van der Waals surface area contributed by atoms with Crippen LogP contribution in [0.5, 0.6) is 5.75 Å². The second-order valence-corrected chi connectivity index (χ2v) is 11.6. The molecule has 4 rings (SSSR count). The molecule has 1 aromatic heterocycles. The Hall–Kier alpha value is -3.84. The summed E-state index contributed by atoms with van der Waals surface area (Å²) in [5.41, 5.74) is 13.4. The highest BCUT2D eigenvalue weighted by Gasteiger charge is 2.26. The number of sulfonamides is 1. The fourth-order valence-electron chi connectivity index (χ4n) is 3.95. The van der Waals surface area contributed by atoms with E-state index in [2.05, 4.69) is 10.0 Å². The molecule has 7 N–H and O–H groups in total. The maximum atomic E-state index is 13.6. The van der Waals surface area contributed by atoms with E-state index < -0.39 is 16.1 Å². The minimum absolute atomic E-state index is 0.0424. The molecular weight excluding hydrogens is 536 g/mol. The molecule has 1 atom stereocenters. The second kappa shape index (κ2) is 12.3. The smallest absolute Gasteiger partial charge is 0.251 e. The van der Waals surface area contributed by atoms with Gasteiger partial charge in [0.25, 0.3) is 5.91 Å². The van der Waals surface area contributed by atoms with Gasteiger partial charge >= 0.3 is 0 Å². The monoisotopic (exact) mass is 566 g/mol. The standard InChI is InChI=1S/C27H30N6O4S2/c1-37-20-9-10-22-24(16-20)38-27(32-22)23(14-17-5-2-6-18(13-17)25(29)30)33-39(35,36)21-8-3-7-19(15-21)26(34)31-12-4-11-28/h2-3,5-10,13,15-16,23,33H,4,11-12,14,28H2,1H3,(H3,29,30)(H,31,34). The highest BCUT2D eigenvalue weighted by atomic mass is 32.2. The van der Waals surface area contributed by atoms with Crippen LogP contribution in [-0.4, -0.2) is 45.3 Å². The van der Waals surface area contributed by atoms with E-state index in [4.69, 9.17) is 26.6 Å². The first kappa shape index (κ1) is 28.2. The third-order valence-corrected chi connectivity index (χ3v) is 8.56. The second-order valence-electron chi connectivity index (χ2n) is 8.80. The predicted octanol–water partition coefficient (Wildman–Crippen LogP) is 2.93. The maximum Gasteiger partial charge on any atom is 0.251 e. The van der Waals surface area contributed by atoms with Crippen molar-refractivity contribution in [1.82, 2.24) is 15.0 Å². The van der Waals surface area contributed by atoms with Crippen molar-refractivity contribution < 1.29 is 17.9 Å². The predicted molar refractivity (Wildman–Crippen MR) is 153 cm³/mol. The number of hydrogen-bond donors (Lipinski definition) is 5. The summed E-state index contributed by atoms with van der Waals surface area (Å²) >= 11 is 1.36. The molecule has 0 saturated heterocycles. The first-order valence-electron chi connectivity index (χ1n) is 12.2. The van der Waals surface area contributed by atoms with Crippen LogP contribution in [0.4, 0.5) is 0 Å². The van der Waals surface area contributed by atoms with E-state index in [1.54, 1.807) is 37.4 Å². The van der Waals surface area contributed by atoms with Gasteiger partial charge in [0.05, 0.1) is 28.3 Å². The molecule has 3 aromatic carbocycles. The lowest BCUT2D eigenvalue weighted by atomic mass is 10.0. The Kier molecular flexibility index (Phi) is 8.92. The molecular formula is C27H30N6O4S2. The van der Waals surface area contributed by atoms with Crippen molar-refractivity contribution in [2.75, 3.05) is 20.2 Å². The summed E-state index contributed by atoms with van der Waals surface area (Å²) in [6.45, 7) is 0.836. The minimum atomic E-state index is -4.06. The summed E-state index contributed by atoms with van der Waals surface area (Å²) < 4.78 is 36.1. The molecule has 39 heavy (non-hydrogen) atoms. The molecule has 0 saturated carbocycles. The van der Waals surface area contributed by atoms with E-state index in [1.165, 1.54) is 29.5 Å². The molecule has 0 aliphatic carbocycles. The first-order chi connectivity index (χ1) is 18.7. The Morgan fingerprint density at radius 1 is 1.10 bits per heavy atom. The van der Waals surface area contributed by atoms with E-state index in [0.29, 0.717) is 41.3 Å². The summed E-state index contributed by atoms with van der Waals surface area (Å²) in [5, 5.41) is 11.1. The van der Waals surface area contributed by atoms with Gasteiger partial charge in [-0.3, -0.25) is 10.2 Å². The fraction of sp³-hybridized carbons (Fsp3) is 0.222. The number of carbonyl (C=O) groups is 1. The zero-order valence-corrected chi connectivity index (χ0v) is 22.9. The molecule has 1 unspecified atom stereocenters. The number of nitrogen functional groups attached to an aromatic ring is 1. The zero-order chi connectivity index (χ0) is 28.0. The van der Waals surface area contributed by atoms with Gasteiger partial charge in [-0.25, -0.2) is 18.1 Å². The summed E-state index contributed by atoms with van der Waals surface area (Å²) in [7, 11) is -2.48. The summed E-state index contributed by atoms with van der Waals surface area (Å²) in [6, 6.07) is 17.7. The van der Waals surface area contributed by atoms with Gasteiger partial charge in [-0.1, -0.05) is 24.3 Å². The van der Waals surface area contributed by atoms with Gasteiger partial charge in [0.2, 0.25) is 10.0 Å². The normalized spacial score (nSPS) is 12.3. The number of aromatic nitrogens is 1. The molecule has 0 aliphatic rings. The molecule has 1 heterocycles. The number of carbonyl (C=O) groups excluding carboxylic acids is 1. The number of nitrogens with zero attached hydrogens (tertiary/aromatic N) is 1. The van der Waals surface area contributed by atoms with Gasteiger partial charge in [0.1, 0.15) is 16.6 Å². The Labute approximate surface area is 231 Å². The molecule has 0 aliphatic heterocycles. The lowest BCUT2D eigenvalue weighted by Gasteiger charge is -2.18. The number of ether oxygens (including phenoxy) is 1. The van der Waals surface area contributed by atoms with Crippen molar-refractivity contribution >= 4 is 43.3 Å². The third kappa shape index (κ3) is 6.98. The molecule has 204 valence electrons. The lowest BCUT2D eigenvalue weighted by Crippen LogP contribution is -2.31. The van der Waals surface area contributed by atoms with Crippen LogP contribution < -0.4 is 26.2 Å². The molecule has 12 heteroatoms. The van der Waals surface area contributed by atoms with E-state index in [9.17, 15) is 13.2 Å². The van der Waals surface area contributed by atoms with Gasteiger partial charge in [0.15, 0.2) is 0 Å². The van der Waals surface area contributed by atoms with Crippen LogP contribution in [0.1, 0.15) is 39.0 Å². The van der Waals surface area contributed by atoms with E-state index in [0.717, 1.165) is 10.3 Å². The van der Waals surface area contributed by atoms with Crippen LogP contribution in [-0.2, 0) is 16.4 Å². The summed E-state index contributed by atoms with van der Waals surface area (Å²) in [4.78, 5) is 17.2. The topological polar surface area (TPSA) is 173 Å². The molecule has 0 bridgehead atoms. The quantitative estimate of drug-likeness (QED) is 0.0996. The van der Waals surface area contributed by atoms with E-state index >= 15 is 0 Å². The zero-order valence-electron chi connectivity index (χ0n) is 21.3. The van der Waals surface area contributed by atoms with E-state index in [-0.39, 0.29) is 28.6 Å². The van der Waals surface area contributed by atoms with E-state index in [1.807, 2.05) is 18.2 Å². The molecule has 0 spiro atoms. The lowest BCUT2D eigenvalue weighted by molar-refractivity contribution is 0.0953. The maximum absolute atomic E-state index is 13.6. The summed E-state index contributed by atoms with van der Waals surface area (Å²) in [5.74, 6) is 0.214. The first-order valence-corrected chi connectivity index (χ1v) is 14.5. The van der Waals surface area contributed by atoms with Crippen LogP contribution in [0.3, 0.4) is 0 Å². The Morgan fingerprint density at radius 2 is 1.87 bits per heavy atom. The van der Waals surface area contributed by atoms with Crippen molar-refractivity contribution in [2.24, 2.45) is 11.5 Å². The number of benzene rings is 3. The molecule has 4 aromatic rings. The number of amides is 1. The van der Waals surface area contributed by atoms with Crippen molar-refractivity contribution in [3.8, 4) is 5.75 Å². The largest absolute Gasteiger partial charge is 0.497 e. The number of methoxy groups -OCH3 is 1. The number of hydrogen-bond acceptors (Lipinski definition) is 8. The fourth-order valence-corrected chi connectivity index (χ4v) is 6.31. The Balaban J connectivity index is 1.68. The molecule has 0 radical (unpaired) electrons. The van der Waals surface area contributed by atoms with Gasteiger partial charge < -0.3 is 21.5 Å². The van der Waals surface area contributed by atoms with Crippen molar-refractivity contribution in [1.29, 1.82) is 5.41 Å². The Morgan fingerprint density at radius 3 is 2.62 bits per heavy atom. The highest BCUT2D eigenvalue weighted by Crippen LogP contribution is 2.32. The van der Waals surface area contributed by atoms with Crippen LogP contribution in [0.25, 0.3) is 10.2 Å². The number of nitrogens with two attached hydrogens (primary N) is 2. The van der Waals surface area contributed by atoms with Gasteiger partial charge in [-0.05, 0) is 67.4 Å². The minimum Gasteiger partial charge on any atom is -0.497 e. The van der Waals surface area contributed by atoms with Gasteiger partial charge in [0, 0.05) is 17.7 Å². The number of nitrogens with one attached hydrogen (secondary N) is 3. The molecule has 1 amide bonds. The average molecular weight is 567 g/mol. The Bertz CT molecular complexity index is 1600. The van der Waals surface area contributed by atoms with Crippen LogP contribution in [0, 0.1) is 5.41 Å². The highest BCUT2D eigenvalue weighted by molar-refractivity contribution is 7.89. The van der Waals surface area contributed by atoms with Crippen LogP contribution in [0.15, 0.2) is 71.6 Å². The molecule has 10 nitrogen and oxygen atoms in total. The number of fused-ring (bicyclic) bond motifs is 1. The van der Waals surface area contributed by atoms with Crippen molar-refractivity contribution in [3.05, 3.63) is 88.4 Å². The SMILES string of the molecule is COc1ccc2nc(C(Cc3cccc(C(=N)N)c3)NS(=O)(=O)c3cccc(C(=O)NCCCN)c3)sc2c1. The molecule has 0 fully saturated rings. The number of amidine groups is 1. The van der Waals surface area contributed by atoms with Crippen molar-refractivity contribution in [2.45, 2.75) is 23.8 Å². The number of thiazole rings is 1. The average Bonchev–Trinajstić information content (AvgIpc) is 3.36. The van der Waals surface area contributed by atoms with Crippen LogP contribution >= 0.6 is 11.3 Å². The van der Waals surface area contributed by atoms with Crippen molar-refractivity contribution in [3.63, 3.8) is 0 Å².